The van der Waals surface area contributed by atoms with Gasteiger partial charge in [0.2, 0.25) is 5.91 Å². The molecule has 1 unspecified atom stereocenters. The van der Waals surface area contributed by atoms with Crippen molar-refractivity contribution < 1.29 is 36.6 Å². The number of nitrogens with two attached hydrogens (primary N) is 1. The summed E-state index contributed by atoms with van der Waals surface area (Å²) in [5.74, 6) is 1.91. The summed E-state index contributed by atoms with van der Waals surface area (Å²) in [4.78, 5) is 23.3. The number of aromatic nitrogens is 1. The van der Waals surface area contributed by atoms with Crippen LogP contribution in [0.2, 0.25) is 5.02 Å². The fourth-order valence-electron chi connectivity index (χ4n) is 2.78. The normalized spacial score (nSPS) is 12.0. The van der Waals surface area contributed by atoms with Gasteiger partial charge in [0.15, 0.2) is 0 Å². The summed E-state index contributed by atoms with van der Waals surface area (Å²) in [6.07, 6.45) is 2.86. The first-order valence-corrected chi connectivity index (χ1v) is 11.1. The van der Waals surface area contributed by atoms with Crippen LogP contribution in [0.3, 0.4) is 0 Å². The highest BCUT2D eigenvalue weighted by Crippen LogP contribution is 2.28. The first-order chi connectivity index (χ1) is 17.5. The third-order valence-electron chi connectivity index (χ3n) is 4.67. The van der Waals surface area contributed by atoms with E-state index in [0.29, 0.717) is 30.7 Å². The van der Waals surface area contributed by atoms with E-state index in [2.05, 4.69) is 22.0 Å². The number of hydrogen-bond donors (Lipinski definition) is 2. The number of nitrogens with one attached hydrogen (secondary N) is 1. The number of rotatable bonds is 11. The lowest BCUT2D eigenvalue weighted by Gasteiger charge is -2.27. The van der Waals surface area contributed by atoms with Gasteiger partial charge in [-0.3, -0.25) is 9.78 Å². The topological polar surface area (TPSA) is 104 Å². The van der Waals surface area contributed by atoms with Crippen molar-refractivity contribution in [2.45, 2.75) is 32.5 Å². The molecule has 2 aromatic rings. The SMILES string of the molecule is C#CCC(C)(CCNC(=O)COCc1ccc(C(F)(F)F)nc1)COc1ccc(Cl)c(F)c1.C=O.CN. The predicted molar refractivity (Wildman–Crippen MR) is 132 cm³/mol. The lowest BCUT2D eigenvalue weighted by molar-refractivity contribution is -0.141. The molecule has 1 aromatic heterocycles. The number of carbonyl (C=O) groups is 2. The smallest absolute Gasteiger partial charge is 0.433 e. The molecule has 37 heavy (non-hydrogen) atoms. The Labute approximate surface area is 218 Å². The van der Waals surface area contributed by atoms with Gasteiger partial charge in [-0.05, 0) is 37.2 Å². The molecule has 0 fully saturated rings. The monoisotopic (exact) mass is 547 g/mol. The second-order valence-electron chi connectivity index (χ2n) is 7.70. The highest BCUT2D eigenvalue weighted by molar-refractivity contribution is 6.30. The van der Waals surface area contributed by atoms with E-state index >= 15 is 0 Å². The van der Waals surface area contributed by atoms with E-state index < -0.39 is 29.0 Å². The minimum absolute atomic E-state index is 0.00625. The maximum Gasteiger partial charge on any atom is 0.433 e. The summed E-state index contributed by atoms with van der Waals surface area (Å²) in [6, 6.07) is 6.22. The number of nitrogens with zero attached hydrogens (tertiary/aromatic N) is 1. The van der Waals surface area contributed by atoms with Crippen LogP contribution in [0.4, 0.5) is 17.6 Å². The molecule has 0 aliphatic rings. The van der Waals surface area contributed by atoms with Crippen molar-refractivity contribution in [3.8, 4) is 18.1 Å². The zero-order valence-corrected chi connectivity index (χ0v) is 21.3. The molecule has 0 saturated heterocycles. The fourth-order valence-corrected chi connectivity index (χ4v) is 2.89. The van der Waals surface area contributed by atoms with Crippen LogP contribution >= 0.6 is 11.6 Å². The molecule has 7 nitrogen and oxygen atoms in total. The van der Waals surface area contributed by atoms with E-state index in [1.807, 2.05) is 13.7 Å². The van der Waals surface area contributed by atoms with Crippen LogP contribution < -0.4 is 15.8 Å². The average molecular weight is 548 g/mol. The number of pyridine rings is 1. The van der Waals surface area contributed by atoms with Crippen LogP contribution in [0.5, 0.6) is 5.75 Å². The molecule has 12 heteroatoms. The van der Waals surface area contributed by atoms with Crippen molar-refractivity contribution in [1.29, 1.82) is 0 Å². The number of alkyl halides is 3. The van der Waals surface area contributed by atoms with Gasteiger partial charge in [0.25, 0.3) is 0 Å². The summed E-state index contributed by atoms with van der Waals surface area (Å²) in [7, 11) is 1.50. The second kappa shape index (κ2) is 17.3. The van der Waals surface area contributed by atoms with Gasteiger partial charge in [0, 0.05) is 30.6 Å². The zero-order chi connectivity index (χ0) is 28.5. The minimum Gasteiger partial charge on any atom is -0.493 e. The molecular weight excluding hydrogens is 518 g/mol. The van der Waals surface area contributed by atoms with Crippen molar-refractivity contribution in [2.24, 2.45) is 11.1 Å². The minimum atomic E-state index is -4.51. The summed E-state index contributed by atoms with van der Waals surface area (Å²) in [5, 5.41) is 2.69. The molecule has 1 heterocycles. The molecule has 0 aliphatic heterocycles. The van der Waals surface area contributed by atoms with Gasteiger partial charge in [-0.2, -0.15) is 13.2 Å². The number of benzene rings is 1. The van der Waals surface area contributed by atoms with Gasteiger partial charge >= 0.3 is 6.18 Å². The van der Waals surface area contributed by atoms with Crippen molar-refractivity contribution in [3.63, 3.8) is 0 Å². The molecule has 1 atom stereocenters. The second-order valence-corrected chi connectivity index (χ2v) is 8.11. The molecule has 0 aliphatic carbocycles. The van der Waals surface area contributed by atoms with Gasteiger partial charge in [0.05, 0.1) is 18.2 Å². The van der Waals surface area contributed by atoms with E-state index in [4.69, 9.17) is 32.3 Å². The average Bonchev–Trinajstić information content (AvgIpc) is 2.87. The third-order valence-corrected chi connectivity index (χ3v) is 4.98. The number of terminal acetylenes is 1. The summed E-state index contributed by atoms with van der Waals surface area (Å²) < 4.78 is 62.0. The Morgan fingerprint density at radius 2 is 1.92 bits per heavy atom. The van der Waals surface area contributed by atoms with Gasteiger partial charge < -0.3 is 25.3 Å². The quantitative estimate of drug-likeness (QED) is 0.319. The van der Waals surface area contributed by atoms with Crippen LogP contribution in [-0.2, 0) is 27.1 Å². The van der Waals surface area contributed by atoms with Crippen LogP contribution in [0, 0.1) is 23.6 Å². The summed E-state index contributed by atoms with van der Waals surface area (Å²) in [6.45, 7) is 4.05. The van der Waals surface area contributed by atoms with Crippen molar-refractivity contribution in [3.05, 3.63) is 58.6 Å². The van der Waals surface area contributed by atoms with Gasteiger partial charge in [-0.25, -0.2) is 4.39 Å². The van der Waals surface area contributed by atoms with Gasteiger partial charge in [0.1, 0.15) is 30.7 Å². The fraction of sp³-hybridized carbons (Fsp3) is 0.400. The number of carbonyl (C=O) groups excluding carboxylic acids is 2. The molecule has 0 radical (unpaired) electrons. The van der Waals surface area contributed by atoms with E-state index in [1.54, 1.807) is 6.07 Å². The highest BCUT2D eigenvalue weighted by atomic mass is 35.5. The summed E-state index contributed by atoms with van der Waals surface area (Å²) in [5.41, 5.74) is 3.43. The molecule has 2 rings (SSSR count). The van der Waals surface area contributed by atoms with E-state index in [1.165, 1.54) is 25.2 Å². The maximum atomic E-state index is 13.6. The van der Waals surface area contributed by atoms with E-state index in [9.17, 15) is 22.4 Å². The predicted octanol–water partition coefficient (Wildman–Crippen LogP) is 4.41. The Morgan fingerprint density at radius 1 is 1.24 bits per heavy atom. The first-order valence-electron chi connectivity index (χ1n) is 10.8. The highest BCUT2D eigenvalue weighted by Gasteiger charge is 2.32. The Bertz CT molecular complexity index is 1000. The summed E-state index contributed by atoms with van der Waals surface area (Å²) >= 11 is 5.66. The van der Waals surface area contributed by atoms with Crippen molar-refractivity contribution in [1.82, 2.24) is 10.3 Å². The largest absolute Gasteiger partial charge is 0.493 e. The van der Waals surface area contributed by atoms with Gasteiger partial charge in [-0.1, -0.05) is 24.6 Å². The molecule has 1 amide bonds. The standard InChI is InChI=1S/C23H23ClF4N2O3.CH5N.CH2O/c1-3-8-22(2,15-33-17-5-6-18(24)19(25)11-17)9-10-29-21(31)14-32-13-16-4-7-20(30-12-16)23(26,27)28;2*1-2/h1,4-7,11-12H,8-10,13-15H2,2H3,(H,29,31);2H2,1H3;1H2. The maximum absolute atomic E-state index is 13.6. The zero-order valence-electron chi connectivity index (χ0n) is 20.5. The molecule has 0 saturated carbocycles. The van der Waals surface area contributed by atoms with Gasteiger partial charge in [-0.15, -0.1) is 12.3 Å². The Balaban J connectivity index is 0.00000308. The molecule has 0 spiro atoms. The van der Waals surface area contributed by atoms with Crippen LogP contribution in [0.15, 0.2) is 36.5 Å². The number of amides is 1. The molecule has 3 N–H and O–H groups in total. The molecule has 1 aromatic carbocycles. The van der Waals surface area contributed by atoms with E-state index in [-0.39, 0.29) is 24.8 Å². The third kappa shape index (κ3) is 13.1. The van der Waals surface area contributed by atoms with Crippen molar-refractivity contribution in [2.75, 3.05) is 26.8 Å². The van der Waals surface area contributed by atoms with E-state index in [0.717, 1.165) is 12.3 Å². The molecular formula is C25H30ClF4N3O4. The Kier molecular flexibility index (Phi) is 15.8. The first kappa shape index (κ1) is 33.8. The number of halogens is 5. The van der Waals surface area contributed by atoms with Crippen molar-refractivity contribution >= 4 is 24.3 Å². The number of hydrogen-bond acceptors (Lipinski definition) is 6. The number of ether oxygens (including phenoxy) is 2. The van der Waals surface area contributed by atoms with Crippen LogP contribution in [-0.4, -0.2) is 44.5 Å². The van der Waals surface area contributed by atoms with Crippen LogP contribution in [0.1, 0.15) is 31.0 Å². The Morgan fingerprint density at radius 3 is 2.46 bits per heavy atom. The molecule has 0 bridgehead atoms. The van der Waals surface area contributed by atoms with Crippen LogP contribution in [0.25, 0.3) is 0 Å². The Hall–Kier alpha value is -3.20. The molecule has 204 valence electrons. The lowest BCUT2D eigenvalue weighted by atomic mass is 9.84. The lowest BCUT2D eigenvalue weighted by Crippen LogP contribution is -2.34.